The van der Waals surface area contributed by atoms with Crippen LogP contribution in [-0.2, 0) is 10.0 Å². The molecule has 6 nitrogen and oxygen atoms in total. The van der Waals surface area contributed by atoms with E-state index >= 15 is 0 Å². The van der Waals surface area contributed by atoms with Crippen LogP contribution >= 0.6 is 0 Å². The van der Waals surface area contributed by atoms with Crippen LogP contribution in [0.2, 0.25) is 0 Å². The highest BCUT2D eigenvalue weighted by atomic mass is 32.2. The number of anilines is 1. The highest BCUT2D eigenvalue weighted by molar-refractivity contribution is 7.89. The number of hydrogen-bond donors (Lipinski definition) is 0. The lowest BCUT2D eigenvalue weighted by Crippen LogP contribution is -2.35. The summed E-state index contributed by atoms with van der Waals surface area (Å²) in [4.78, 5) is 17.2. The Morgan fingerprint density at radius 3 is 2.30 bits per heavy atom. The summed E-state index contributed by atoms with van der Waals surface area (Å²) < 4.78 is 40.3. The van der Waals surface area contributed by atoms with E-state index in [0.717, 1.165) is 31.5 Å². The number of carbonyl (C=O) groups is 1. The molecule has 0 bridgehead atoms. The fourth-order valence-electron chi connectivity index (χ4n) is 4.08. The van der Waals surface area contributed by atoms with E-state index in [0.29, 0.717) is 38.3 Å². The minimum atomic E-state index is -3.56. The zero-order chi connectivity index (χ0) is 21.1. The highest BCUT2D eigenvalue weighted by Gasteiger charge is 2.28. The molecule has 160 valence electrons. The van der Waals surface area contributed by atoms with E-state index in [2.05, 4.69) is 4.90 Å². The van der Waals surface area contributed by atoms with Crippen molar-refractivity contribution in [3.8, 4) is 0 Å². The van der Waals surface area contributed by atoms with Gasteiger partial charge in [0.1, 0.15) is 5.82 Å². The van der Waals surface area contributed by atoms with Crippen LogP contribution in [0.4, 0.5) is 10.1 Å². The van der Waals surface area contributed by atoms with Crippen molar-refractivity contribution in [2.24, 2.45) is 0 Å². The number of halogens is 1. The largest absolute Gasteiger partial charge is 0.370 e. The van der Waals surface area contributed by atoms with Gasteiger partial charge in [0, 0.05) is 50.5 Å². The summed E-state index contributed by atoms with van der Waals surface area (Å²) in [5.74, 6) is -0.427. The molecular weight excluding hydrogens is 405 g/mol. The summed E-state index contributed by atoms with van der Waals surface area (Å²) >= 11 is 0. The molecule has 0 saturated carbocycles. The Kier molecular flexibility index (Phi) is 6.06. The number of sulfonamides is 1. The van der Waals surface area contributed by atoms with Crippen molar-refractivity contribution >= 4 is 21.6 Å². The molecule has 0 spiro atoms. The van der Waals surface area contributed by atoms with Gasteiger partial charge >= 0.3 is 0 Å². The molecule has 1 amide bonds. The van der Waals surface area contributed by atoms with Crippen LogP contribution in [0.1, 0.15) is 29.6 Å². The predicted octanol–water partition coefficient (Wildman–Crippen LogP) is 2.96. The van der Waals surface area contributed by atoms with Crippen molar-refractivity contribution in [3.05, 3.63) is 59.9 Å². The van der Waals surface area contributed by atoms with Crippen molar-refractivity contribution < 1.29 is 17.6 Å². The molecule has 30 heavy (non-hydrogen) atoms. The van der Waals surface area contributed by atoms with Gasteiger partial charge in [-0.05, 0) is 61.7 Å². The zero-order valence-electron chi connectivity index (χ0n) is 16.8. The number of hydrogen-bond acceptors (Lipinski definition) is 4. The van der Waals surface area contributed by atoms with Gasteiger partial charge < -0.3 is 9.80 Å². The van der Waals surface area contributed by atoms with Crippen molar-refractivity contribution in [1.29, 1.82) is 0 Å². The molecule has 2 aromatic rings. The molecule has 0 aliphatic carbocycles. The van der Waals surface area contributed by atoms with Crippen LogP contribution < -0.4 is 4.90 Å². The minimum Gasteiger partial charge on any atom is -0.370 e. The Labute approximate surface area is 176 Å². The molecule has 0 aromatic heterocycles. The van der Waals surface area contributed by atoms with E-state index in [9.17, 15) is 17.6 Å². The van der Waals surface area contributed by atoms with E-state index in [-0.39, 0.29) is 16.6 Å². The van der Waals surface area contributed by atoms with Gasteiger partial charge in [0.25, 0.3) is 5.91 Å². The minimum absolute atomic E-state index is 0.158. The molecule has 2 saturated heterocycles. The first-order valence-electron chi connectivity index (χ1n) is 10.4. The summed E-state index contributed by atoms with van der Waals surface area (Å²) in [5, 5.41) is 0. The fourth-order valence-corrected chi connectivity index (χ4v) is 5.64. The molecule has 0 N–H and O–H groups in total. The van der Waals surface area contributed by atoms with Gasteiger partial charge in [0.2, 0.25) is 10.0 Å². The first-order chi connectivity index (χ1) is 14.4. The molecular formula is C22H26FN3O3S. The van der Waals surface area contributed by atoms with Crippen LogP contribution in [0.15, 0.2) is 53.4 Å². The summed E-state index contributed by atoms with van der Waals surface area (Å²) in [5.41, 5.74) is 1.33. The van der Waals surface area contributed by atoms with Crippen LogP contribution in [0.5, 0.6) is 0 Å². The Hall–Kier alpha value is -2.45. The highest BCUT2D eigenvalue weighted by Crippen LogP contribution is 2.23. The van der Waals surface area contributed by atoms with Crippen LogP contribution in [0.3, 0.4) is 0 Å². The van der Waals surface area contributed by atoms with Gasteiger partial charge in [0.05, 0.1) is 4.90 Å². The fraction of sp³-hybridized carbons (Fsp3) is 0.409. The van der Waals surface area contributed by atoms with Crippen LogP contribution in [0, 0.1) is 5.82 Å². The lowest BCUT2D eigenvalue weighted by Gasteiger charge is -2.24. The Morgan fingerprint density at radius 1 is 0.833 bits per heavy atom. The van der Waals surface area contributed by atoms with E-state index in [1.165, 1.54) is 22.5 Å². The van der Waals surface area contributed by atoms with Gasteiger partial charge in [0.15, 0.2) is 0 Å². The maximum absolute atomic E-state index is 13.2. The third-order valence-electron chi connectivity index (χ3n) is 5.76. The lowest BCUT2D eigenvalue weighted by atomic mass is 10.2. The van der Waals surface area contributed by atoms with Crippen LogP contribution in [0.25, 0.3) is 0 Å². The molecule has 0 unspecified atom stereocenters. The normalized spacial score (nSPS) is 18.4. The second-order valence-electron chi connectivity index (χ2n) is 7.75. The van der Waals surface area contributed by atoms with Gasteiger partial charge in [-0.25, -0.2) is 12.8 Å². The molecule has 0 radical (unpaired) electrons. The molecule has 2 aliphatic heterocycles. The van der Waals surface area contributed by atoms with E-state index in [1.807, 2.05) is 0 Å². The Morgan fingerprint density at radius 2 is 1.57 bits per heavy atom. The lowest BCUT2D eigenvalue weighted by molar-refractivity contribution is 0.0766. The second-order valence-corrected chi connectivity index (χ2v) is 9.69. The first kappa shape index (κ1) is 20.8. The topological polar surface area (TPSA) is 60.9 Å². The van der Waals surface area contributed by atoms with Crippen LogP contribution in [-0.4, -0.2) is 62.8 Å². The third-order valence-corrected chi connectivity index (χ3v) is 7.65. The number of nitrogens with zero attached hydrogens (tertiary/aromatic N) is 3. The molecule has 8 heteroatoms. The van der Waals surface area contributed by atoms with Gasteiger partial charge in [-0.15, -0.1) is 0 Å². The first-order valence-corrected chi connectivity index (χ1v) is 11.8. The van der Waals surface area contributed by atoms with E-state index < -0.39 is 10.0 Å². The number of rotatable bonds is 4. The summed E-state index contributed by atoms with van der Waals surface area (Å²) in [6.07, 6.45) is 2.53. The van der Waals surface area contributed by atoms with Gasteiger partial charge in [-0.3, -0.25) is 4.79 Å². The van der Waals surface area contributed by atoms with Crippen molar-refractivity contribution in [1.82, 2.24) is 9.21 Å². The van der Waals surface area contributed by atoms with Gasteiger partial charge in [-0.1, -0.05) is 6.07 Å². The summed E-state index contributed by atoms with van der Waals surface area (Å²) in [6, 6.07) is 12.7. The van der Waals surface area contributed by atoms with Gasteiger partial charge in [-0.2, -0.15) is 4.31 Å². The summed E-state index contributed by atoms with van der Waals surface area (Å²) in [6.45, 7) is 3.61. The predicted molar refractivity (Wildman–Crippen MR) is 114 cm³/mol. The Balaban J connectivity index is 1.47. The van der Waals surface area contributed by atoms with Crippen molar-refractivity contribution in [3.63, 3.8) is 0 Å². The molecule has 2 aliphatic rings. The quantitative estimate of drug-likeness (QED) is 0.747. The summed E-state index contributed by atoms with van der Waals surface area (Å²) in [7, 11) is -3.56. The Bertz CT molecular complexity index is 1000. The standard InChI is InChI=1S/C22H26FN3O3S/c23-19-7-9-20(10-8-19)24-11-4-12-25(16-15-24)22(27)18-5-3-6-21(17-18)30(28,29)26-13-1-2-14-26/h3,5-10,17H,1-2,4,11-16H2. The SMILES string of the molecule is O=C(c1cccc(S(=O)(=O)N2CCCC2)c1)N1CCCN(c2ccc(F)cc2)CC1. The van der Waals surface area contributed by atoms with Crippen molar-refractivity contribution in [2.45, 2.75) is 24.2 Å². The average Bonchev–Trinajstić information content (AvgIpc) is 3.20. The second kappa shape index (κ2) is 8.73. The van der Waals surface area contributed by atoms with Crippen molar-refractivity contribution in [2.75, 3.05) is 44.2 Å². The smallest absolute Gasteiger partial charge is 0.253 e. The average molecular weight is 432 g/mol. The monoisotopic (exact) mass is 431 g/mol. The number of benzene rings is 2. The number of amides is 1. The third kappa shape index (κ3) is 4.34. The molecule has 2 aromatic carbocycles. The van der Waals surface area contributed by atoms with E-state index in [1.54, 1.807) is 35.2 Å². The zero-order valence-corrected chi connectivity index (χ0v) is 17.7. The maximum Gasteiger partial charge on any atom is 0.253 e. The molecule has 2 fully saturated rings. The van der Waals surface area contributed by atoms with E-state index in [4.69, 9.17) is 0 Å². The number of carbonyl (C=O) groups excluding carboxylic acids is 1. The maximum atomic E-state index is 13.2. The molecule has 0 atom stereocenters. The molecule has 4 rings (SSSR count). The molecule has 2 heterocycles.